The molecule has 7 heteroatoms. The minimum absolute atomic E-state index is 0.0827. The van der Waals surface area contributed by atoms with Gasteiger partial charge in [0.1, 0.15) is 5.75 Å². The maximum atomic E-state index is 12.8. The number of fused-ring (bicyclic) bond motifs is 1. The lowest BCUT2D eigenvalue weighted by Crippen LogP contribution is -2.47. The molecule has 0 bridgehead atoms. The third kappa shape index (κ3) is 4.73. The first-order chi connectivity index (χ1) is 14.1. The van der Waals surface area contributed by atoms with Gasteiger partial charge >= 0.3 is 0 Å². The smallest absolute Gasteiger partial charge is 0.267 e. The van der Waals surface area contributed by atoms with Crippen molar-refractivity contribution in [2.24, 2.45) is 5.92 Å². The molecule has 0 radical (unpaired) electrons. The van der Waals surface area contributed by atoms with Gasteiger partial charge in [0.2, 0.25) is 5.91 Å². The highest BCUT2D eigenvalue weighted by atomic mass is 16.5. The number of rotatable bonds is 5. The van der Waals surface area contributed by atoms with E-state index in [2.05, 4.69) is 4.90 Å². The van der Waals surface area contributed by atoms with Crippen LogP contribution in [0.4, 0.5) is 5.69 Å². The number of amides is 2. The molecule has 0 N–H and O–H groups in total. The molecule has 1 aromatic rings. The normalized spacial score (nSPS) is 23.6. The second kappa shape index (κ2) is 9.13. The van der Waals surface area contributed by atoms with Gasteiger partial charge in [-0.15, -0.1) is 0 Å². The average Bonchev–Trinajstić information content (AvgIpc) is 2.75. The van der Waals surface area contributed by atoms with Gasteiger partial charge in [-0.1, -0.05) is 12.1 Å². The molecule has 0 spiro atoms. The Morgan fingerprint density at radius 1 is 1.10 bits per heavy atom. The minimum Gasteiger partial charge on any atom is -0.479 e. The molecule has 3 aliphatic rings. The molecule has 4 rings (SSSR count). The number of para-hydroxylation sites is 2. The fourth-order valence-electron chi connectivity index (χ4n) is 4.47. The lowest BCUT2D eigenvalue weighted by atomic mass is 9.95. The summed E-state index contributed by atoms with van der Waals surface area (Å²) in [6.07, 6.45) is 1.94. The van der Waals surface area contributed by atoms with Crippen LogP contribution in [0.25, 0.3) is 0 Å². The van der Waals surface area contributed by atoms with Crippen LogP contribution in [0.1, 0.15) is 26.2 Å². The van der Waals surface area contributed by atoms with Crippen molar-refractivity contribution in [2.75, 3.05) is 57.4 Å². The van der Waals surface area contributed by atoms with Gasteiger partial charge in [-0.2, -0.15) is 0 Å². The molecular weight excluding hydrogens is 370 g/mol. The minimum atomic E-state index is -0.518. The summed E-state index contributed by atoms with van der Waals surface area (Å²) in [6.45, 7) is 8.61. The lowest BCUT2D eigenvalue weighted by Gasteiger charge is -2.37. The quantitative estimate of drug-likeness (QED) is 0.752. The number of likely N-dealkylation sites (tertiary alicyclic amines) is 1. The predicted molar refractivity (Wildman–Crippen MR) is 110 cm³/mol. The van der Waals surface area contributed by atoms with E-state index in [4.69, 9.17) is 9.47 Å². The summed E-state index contributed by atoms with van der Waals surface area (Å²) < 4.78 is 11.1. The summed E-state index contributed by atoms with van der Waals surface area (Å²) in [6, 6.07) is 7.53. The van der Waals surface area contributed by atoms with Crippen molar-refractivity contribution in [3.8, 4) is 5.75 Å². The standard InChI is InChI=1S/C22H31N3O4/c1-17-22(27)25(19-4-2-3-5-20(19)29-17)11-8-21(26)24-9-6-18(7-10-24)16-23-12-14-28-15-13-23/h2-5,17-18H,6-16H2,1H3/t17-/m1/s1. The van der Waals surface area contributed by atoms with Crippen molar-refractivity contribution in [3.05, 3.63) is 24.3 Å². The summed E-state index contributed by atoms with van der Waals surface area (Å²) in [4.78, 5) is 31.5. The molecule has 0 saturated carbocycles. The number of piperidine rings is 1. The maximum Gasteiger partial charge on any atom is 0.267 e. The number of morpholine rings is 1. The van der Waals surface area contributed by atoms with E-state index >= 15 is 0 Å². The Morgan fingerprint density at radius 3 is 2.59 bits per heavy atom. The van der Waals surface area contributed by atoms with E-state index in [1.165, 1.54) is 0 Å². The highest BCUT2D eigenvalue weighted by Gasteiger charge is 2.32. The van der Waals surface area contributed by atoms with E-state index in [1.54, 1.807) is 11.8 Å². The molecular formula is C22H31N3O4. The fourth-order valence-corrected chi connectivity index (χ4v) is 4.47. The van der Waals surface area contributed by atoms with E-state index in [0.29, 0.717) is 24.6 Å². The zero-order valence-electron chi connectivity index (χ0n) is 17.2. The van der Waals surface area contributed by atoms with Crippen molar-refractivity contribution in [1.82, 2.24) is 9.80 Å². The van der Waals surface area contributed by atoms with Gasteiger partial charge in [0, 0.05) is 45.7 Å². The number of nitrogens with zero attached hydrogens (tertiary/aromatic N) is 3. The number of hydrogen-bond acceptors (Lipinski definition) is 5. The second-order valence-corrected chi connectivity index (χ2v) is 8.20. The monoisotopic (exact) mass is 401 g/mol. The molecule has 3 heterocycles. The Labute approximate surface area is 172 Å². The second-order valence-electron chi connectivity index (χ2n) is 8.20. The molecule has 2 amide bonds. The van der Waals surface area contributed by atoms with E-state index in [0.717, 1.165) is 64.5 Å². The Morgan fingerprint density at radius 2 is 1.83 bits per heavy atom. The number of ether oxygens (including phenoxy) is 2. The Balaban J connectivity index is 1.27. The first-order valence-corrected chi connectivity index (χ1v) is 10.8. The van der Waals surface area contributed by atoms with E-state index < -0.39 is 6.10 Å². The van der Waals surface area contributed by atoms with Crippen molar-refractivity contribution in [1.29, 1.82) is 0 Å². The van der Waals surface area contributed by atoms with Gasteiger partial charge in [0.05, 0.1) is 18.9 Å². The third-order valence-corrected chi connectivity index (χ3v) is 6.21. The fraction of sp³-hybridized carbons (Fsp3) is 0.636. The maximum absolute atomic E-state index is 12.8. The van der Waals surface area contributed by atoms with Crippen molar-refractivity contribution >= 4 is 17.5 Å². The largest absolute Gasteiger partial charge is 0.479 e. The summed E-state index contributed by atoms with van der Waals surface area (Å²) in [5.41, 5.74) is 0.757. The Hall–Kier alpha value is -2.12. The molecule has 0 aliphatic carbocycles. The van der Waals surface area contributed by atoms with Crippen LogP contribution in [0.5, 0.6) is 5.75 Å². The average molecular weight is 402 g/mol. The first-order valence-electron chi connectivity index (χ1n) is 10.8. The molecule has 2 fully saturated rings. The Bertz CT molecular complexity index is 727. The molecule has 0 aromatic heterocycles. The number of carbonyl (C=O) groups excluding carboxylic acids is 2. The van der Waals surface area contributed by atoms with E-state index in [9.17, 15) is 9.59 Å². The first kappa shape index (κ1) is 20.2. The van der Waals surface area contributed by atoms with Gasteiger partial charge in [0.25, 0.3) is 5.91 Å². The topological polar surface area (TPSA) is 62.3 Å². The summed E-state index contributed by atoms with van der Waals surface area (Å²) >= 11 is 0. The van der Waals surface area contributed by atoms with Crippen molar-refractivity contribution in [3.63, 3.8) is 0 Å². The van der Waals surface area contributed by atoms with Gasteiger partial charge < -0.3 is 19.3 Å². The molecule has 158 valence electrons. The van der Waals surface area contributed by atoms with Crippen LogP contribution in [0.15, 0.2) is 24.3 Å². The number of anilines is 1. The van der Waals surface area contributed by atoms with Gasteiger partial charge in [-0.3, -0.25) is 14.5 Å². The number of hydrogen-bond donors (Lipinski definition) is 0. The van der Waals surface area contributed by atoms with Gasteiger partial charge in [0.15, 0.2) is 6.10 Å². The number of benzene rings is 1. The van der Waals surface area contributed by atoms with Crippen LogP contribution in [-0.4, -0.2) is 80.2 Å². The lowest BCUT2D eigenvalue weighted by molar-refractivity contribution is -0.132. The SMILES string of the molecule is C[C@H]1Oc2ccccc2N(CCC(=O)N2CCC(CN3CCOCC3)CC2)C1=O. The van der Waals surface area contributed by atoms with Crippen LogP contribution in [0, 0.1) is 5.92 Å². The molecule has 2 saturated heterocycles. The Kier molecular flexibility index (Phi) is 6.35. The van der Waals surface area contributed by atoms with Crippen LogP contribution in [0.2, 0.25) is 0 Å². The molecule has 1 aromatic carbocycles. The number of carbonyl (C=O) groups is 2. The van der Waals surface area contributed by atoms with Crippen molar-refractivity contribution < 1.29 is 19.1 Å². The van der Waals surface area contributed by atoms with Gasteiger partial charge in [-0.05, 0) is 37.8 Å². The summed E-state index contributed by atoms with van der Waals surface area (Å²) in [5.74, 6) is 1.42. The molecule has 3 aliphatic heterocycles. The summed E-state index contributed by atoms with van der Waals surface area (Å²) in [5, 5.41) is 0. The van der Waals surface area contributed by atoms with Crippen molar-refractivity contribution in [2.45, 2.75) is 32.3 Å². The van der Waals surface area contributed by atoms with E-state index in [-0.39, 0.29) is 11.8 Å². The third-order valence-electron chi connectivity index (χ3n) is 6.21. The molecule has 1 atom stereocenters. The van der Waals surface area contributed by atoms with Crippen LogP contribution in [0.3, 0.4) is 0 Å². The predicted octanol–water partition coefficient (Wildman–Crippen LogP) is 1.76. The highest BCUT2D eigenvalue weighted by molar-refractivity contribution is 6.00. The van der Waals surface area contributed by atoms with Crippen LogP contribution in [-0.2, 0) is 14.3 Å². The zero-order valence-corrected chi connectivity index (χ0v) is 17.2. The van der Waals surface area contributed by atoms with E-state index in [1.807, 2.05) is 29.2 Å². The summed E-state index contributed by atoms with van der Waals surface area (Å²) in [7, 11) is 0. The zero-order chi connectivity index (χ0) is 20.2. The molecule has 29 heavy (non-hydrogen) atoms. The van der Waals surface area contributed by atoms with Crippen LogP contribution < -0.4 is 9.64 Å². The highest BCUT2D eigenvalue weighted by Crippen LogP contribution is 2.33. The molecule has 0 unspecified atom stereocenters. The molecule has 7 nitrogen and oxygen atoms in total. The van der Waals surface area contributed by atoms with Gasteiger partial charge in [-0.25, -0.2) is 0 Å². The van der Waals surface area contributed by atoms with Crippen LogP contribution >= 0.6 is 0 Å².